The van der Waals surface area contributed by atoms with Crippen LogP contribution in [0.25, 0.3) is 10.2 Å². The van der Waals surface area contributed by atoms with Gasteiger partial charge in [-0.25, -0.2) is 4.98 Å². The molecule has 8 heteroatoms. The molecule has 1 aliphatic rings. The average molecular weight is 415 g/mol. The number of likely N-dealkylation sites (tertiary alicyclic amines) is 1. The number of hydrogen-bond acceptors (Lipinski definition) is 6. The van der Waals surface area contributed by atoms with Crippen LogP contribution >= 0.6 is 22.7 Å². The number of benzene rings is 1. The molecule has 2 N–H and O–H groups in total. The highest BCUT2D eigenvalue weighted by Crippen LogP contribution is 2.25. The van der Waals surface area contributed by atoms with Gasteiger partial charge < -0.3 is 15.5 Å². The number of nitrogens with one attached hydrogen (secondary N) is 2. The number of nitrogens with zero attached hydrogens (tertiary/aromatic N) is 2. The van der Waals surface area contributed by atoms with Gasteiger partial charge in [-0.3, -0.25) is 9.59 Å². The third kappa shape index (κ3) is 4.34. The fraction of sp³-hybridized carbons (Fsp3) is 0.350. The first kappa shape index (κ1) is 18.9. The van der Waals surface area contributed by atoms with Gasteiger partial charge in [0.2, 0.25) is 5.91 Å². The predicted octanol–water partition coefficient (Wildman–Crippen LogP) is 3.44. The van der Waals surface area contributed by atoms with Gasteiger partial charge in [-0.2, -0.15) is 0 Å². The molecule has 0 saturated carbocycles. The topological polar surface area (TPSA) is 74.3 Å². The van der Waals surface area contributed by atoms with Gasteiger partial charge in [-0.1, -0.05) is 29.5 Å². The quantitative estimate of drug-likeness (QED) is 0.606. The number of anilines is 1. The summed E-state index contributed by atoms with van der Waals surface area (Å²) < 4.78 is 1.15. The number of hydrogen-bond donors (Lipinski definition) is 2. The van der Waals surface area contributed by atoms with E-state index in [2.05, 4.69) is 15.6 Å². The number of carbonyl (C=O) groups excluding carboxylic acids is 2. The van der Waals surface area contributed by atoms with Crippen LogP contribution in [0.3, 0.4) is 0 Å². The standard InChI is InChI=1S/C20H22N4O2S2/c25-18(14-5-3-11-24(13-14)19(26)17-8-4-12-27-17)21-9-10-22-20-23-15-6-1-2-7-16(15)28-20/h1-2,4,6-8,12,14H,3,5,9-11,13H2,(H,21,25)(H,22,23). The Morgan fingerprint density at radius 3 is 2.89 bits per heavy atom. The van der Waals surface area contributed by atoms with Gasteiger partial charge in [0.1, 0.15) is 0 Å². The number of aromatic nitrogens is 1. The molecule has 1 saturated heterocycles. The lowest BCUT2D eigenvalue weighted by Gasteiger charge is -2.31. The minimum atomic E-state index is -0.139. The van der Waals surface area contributed by atoms with E-state index in [0.29, 0.717) is 19.6 Å². The normalized spacial score (nSPS) is 16.9. The second-order valence-corrected chi connectivity index (χ2v) is 8.75. The molecular formula is C20H22N4O2S2. The van der Waals surface area contributed by atoms with E-state index in [1.807, 2.05) is 41.8 Å². The van der Waals surface area contributed by atoms with Crippen LogP contribution < -0.4 is 10.6 Å². The molecule has 0 aliphatic carbocycles. The lowest BCUT2D eigenvalue weighted by atomic mass is 9.97. The molecule has 1 aliphatic heterocycles. The highest BCUT2D eigenvalue weighted by Gasteiger charge is 2.29. The van der Waals surface area contributed by atoms with Crippen molar-refractivity contribution in [3.8, 4) is 0 Å². The number of fused-ring (bicyclic) bond motifs is 1. The average Bonchev–Trinajstić information content (AvgIpc) is 3.40. The van der Waals surface area contributed by atoms with Gasteiger partial charge in [-0.15, -0.1) is 11.3 Å². The molecule has 2 aromatic heterocycles. The first-order chi connectivity index (χ1) is 13.7. The van der Waals surface area contributed by atoms with Gasteiger partial charge >= 0.3 is 0 Å². The summed E-state index contributed by atoms with van der Waals surface area (Å²) in [5, 5.41) is 9.02. The summed E-state index contributed by atoms with van der Waals surface area (Å²) in [5.41, 5.74) is 0.983. The zero-order valence-corrected chi connectivity index (χ0v) is 17.0. The minimum absolute atomic E-state index is 0.0229. The van der Waals surface area contributed by atoms with Gasteiger partial charge in [0.05, 0.1) is 21.0 Å². The van der Waals surface area contributed by atoms with E-state index in [-0.39, 0.29) is 17.7 Å². The van der Waals surface area contributed by atoms with Gasteiger partial charge in [0, 0.05) is 26.2 Å². The molecule has 0 bridgehead atoms. The monoisotopic (exact) mass is 414 g/mol. The Balaban J connectivity index is 1.23. The van der Waals surface area contributed by atoms with Crippen LogP contribution in [-0.4, -0.2) is 47.9 Å². The number of rotatable bonds is 6. The van der Waals surface area contributed by atoms with Crippen molar-refractivity contribution in [2.24, 2.45) is 5.92 Å². The van der Waals surface area contributed by atoms with Crippen molar-refractivity contribution < 1.29 is 9.59 Å². The van der Waals surface area contributed by atoms with Crippen LogP contribution in [0.2, 0.25) is 0 Å². The second kappa shape index (κ2) is 8.70. The Hall–Kier alpha value is -2.45. The van der Waals surface area contributed by atoms with Crippen LogP contribution in [0.4, 0.5) is 5.13 Å². The zero-order chi connectivity index (χ0) is 19.3. The first-order valence-electron chi connectivity index (χ1n) is 9.40. The van der Waals surface area contributed by atoms with Gasteiger partial charge in [-0.05, 0) is 36.4 Å². The van der Waals surface area contributed by atoms with E-state index >= 15 is 0 Å². The molecular weight excluding hydrogens is 392 g/mol. The SMILES string of the molecule is O=C(NCCNc1nc2ccccc2s1)C1CCCN(C(=O)c2cccs2)C1. The Bertz CT molecular complexity index is 921. The molecule has 1 atom stereocenters. The Morgan fingerprint density at radius 1 is 1.18 bits per heavy atom. The molecule has 3 heterocycles. The number of piperidine rings is 1. The molecule has 0 spiro atoms. The maximum atomic E-state index is 12.5. The largest absolute Gasteiger partial charge is 0.360 e. The third-order valence-corrected chi connectivity index (χ3v) is 6.66. The van der Waals surface area contributed by atoms with Crippen LogP contribution in [0.15, 0.2) is 41.8 Å². The van der Waals surface area contributed by atoms with Crippen LogP contribution in [0, 0.1) is 5.92 Å². The molecule has 1 aromatic carbocycles. The molecule has 146 valence electrons. The van der Waals surface area contributed by atoms with Gasteiger partial charge in [0.25, 0.3) is 5.91 Å². The minimum Gasteiger partial charge on any atom is -0.360 e. The van der Waals surface area contributed by atoms with Crippen molar-refractivity contribution in [3.05, 3.63) is 46.7 Å². The second-order valence-electron chi connectivity index (χ2n) is 6.77. The van der Waals surface area contributed by atoms with E-state index in [9.17, 15) is 9.59 Å². The maximum Gasteiger partial charge on any atom is 0.263 e. The lowest BCUT2D eigenvalue weighted by Crippen LogP contribution is -2.46. The summed E-state index contributed by atoms with van der Waals surface area (Å²) in [6.45, 7) is 2.37. The fourth-order valence-corrected chi connectivity index (χ4v) is 4.96. The summed E-state index contributed by atoms with van der Waals surface area (Å²) in [6.07, 6.45) is 1.69. The molecule has 4 rings (SSSR count). The summed E-state index contributed by atoms with van der Waals surface area (Å²) >= 11 is 3.05. The number of para-hydroxylation sites is 1. The van der Waals surface area contributed by atoms with Crippen molar-refractivity contribution in [3.63, 3.8) is 0 Å². The smallest absolute Gasteiger partial charge is 0.263 e. The predicted molar refractivity (Wildman–Crippen MR) is 114 cm³/mol. The summed E-state index contributed by atoms with van der Waals surface area (Å²) in [7, 11) is 0. The third-order valence-electron chi connectivity index (χ3n) is 4.81. The van der Waals surface area contributed by atoms with Crippen LogP contribution in [-0.2, 0) is 4.79 Å². The molecule has 6 nitrogen and oxygen atoms in total. The van der Waals surface area contributed by atoms with E-state index in [4.69, 9.17) is 0 Å². The Labute approximate surface area is 171 Å². The molecule has 3 aromatic rings. The summed E-state index contributed by atoms with van der Waals surface area (Å²) in [5.74, 6) is -0.0834. The van der Waals surface area contributed by atoms with Crippen molar-refractivity contribution in [1.82, 2.24) is 15.2 Å². The van der Waals surface area contributed by atoms with E-state index in [1.54, 1.807) is 16.2 Å². The molecule has 28 heavy (non-hydrogen) atoms. The van der Waals surface area contributed by atoms with Crippen molar-refractivity contribution >= 4 is 49.8 Å². The number of thiophene rings is 1. The number of amides is 2. The first-order valence-corrected chi connectivity index (χ1v) is 11.1. The highest BCUT2D eigenvalue weighted by molar-refractivity contribution is 7.22. The lowest BCUT2D eigenvalue weighted by molar-refractivity contribution is -0.126. The maximum absolute atomic E-state index is 12.5. The van der Waals surface area contributed by atoms with Crippen molar-refractivity contribution in [1.29, 1.82) is 0 Å². The number of carbonyl (C=O) groups is 2. The zero-order valence-electron chi connectivity index (χ0n) is 15.4. The molecule has 1 unspecified atom stereocenters. The summed E-state index contributed by atoms with van der Waals surface area (Å²) in [4.78, 5) is 32.1. The Morgan fingerprint density at radius 2 is 2.07 bits per heavy atom. The Kier molecular flexibility index (Phi) is 5.87. The van der Waals surface area contributed by atoms with Crippen molar-refractivity contribution in [2.45, 2.75) is 12.8 Å². The van der Waals surface area contributed by atoms with Crippen LogP contribution in [0.5, 0.6) is 0 Å². The van der Waals surface area contributed by atoms with E-state index in [0.717, 1.165) is 39.6 Å². The fourth-order valence-electron chi connectivity index (χ4n) is 3.38. The summed E-state index contributed by atoms with van der Waals surface area (Å²) in [6, 6.07) is 11.7. The molecule has 0 radical (unpaired) electrons. The molecule has 1 fully saturated rings. The van der Waals surface area contributed by atoms with Crippen LogP contribution in [0.1, 0.15) is 22.5 Å². The van der Waals surface area contributed by atoms with Gasteiger partial charge in [0.15, 0.2) is 5.13 Å². The van der Waals surface area contributed by atoms with Crippen molar-refractivity contribution in [2.75, 3.05) is 31.5 Å². The highest BCUT2D eigenvalue weighted by atomic mass is 32.1. The number of thiazole rings is 1. The molecule has 2 amide bonds. The van der Waals surface area contributed by atoms with E-state index in [1.165, 1.54) is 11.3 Å². The van der Waals surface area contributed by atoms with E-state index < -0.39 is 0 Å².